The third-order valence-electron chi connectivity index (χ3n) is 4.46. The number of nitrogens with zero attached hydrogens (tertiary/aromatic N) is 3. The van der Waals surface area contributed by atoms with Crippen molar-refractivity contribution in [2.24, 2.45) is 0 Å². The van der Waals surface area contributed by atoms with Crippen molar-refractivity contribution in [1.29, 1.82) is 0 Å². The van der Waals surface area contributed by atoms with Gasteiger partial charge < -0.3 is 10.2 Å². The molecule has 0 fully saturated rings. The summed E-state index contributed by atoms with van der Waals surface area (Å²) in [5, 5.41) is 3.61. The lowest BCUT2D eigenvalue weighted by Gasteiger charge is -2.19. The van der Waals surface area contributed by atoms with Gasteiger partial charge in [-0.15, -0.1) is 0 Å². The lowest BCUT2D eigenvalue weighted by molar-refractivity contribution is -0.117. The number of hydrogen-bond acceptors (Lipinski definition) is 5. The second-order valence-corrected chi connectivity index (χ2v) is 7.33. The van der Waals surface area contributed by atoms with Crippen molar-refractivity contribution in [3.05, 3.63) is 54.1 Å². The van der Waals surface area contributed by atoms with Crippen molar-refractivity contribution in [2.45, 2.75) is 6.54 Å². The van der Waals surface area contributed by atoms with Gasteiger partial charge in [0.25, 0.3) is 0 Å². The first kappa shape index (κ1) is 16.1. The molecule has 25 heavy (non-hydrogen) atoms. The molecule has 5 nitrogen and oxygen atoms in total. The molecule has 0 spiro atoms. The van der Waals surface area contributed by atoms with Crippen molar-refractivity contribution in [3.8, 4) is 0 Å². The van der Waals surface area contributed by atoms with Crippen LogP contribution in [0.3, 0.4) is 0 Å². The first-order chi connectivity index (χ1) is 12.2. The number of para-hydroxylation sites is 2. The van der Waals surface area contributed by atoms with E-state index in [2.05, 4.69) is 51.4 Å². The Morgan fingerprint density at radius 1 is 1.16 bits per heavy atom. The van der Waals surface area contributed by atoms with Crippen LogP contribution in [-0.2, 0) is 11.3 Å². The van der Waals surface area contributed by atoms with Crippen LogP contribution in [0.15, 0.2) is 48.5 Å². The van der Waals surface area contributed by atoms with Gasteiger partial charge in [0.2, 0.25) is 5.91 Å². The highest BCUT2D eigenvalue weighted by atomic mass is 32.1. The van der Waals surface area contributed by atoms with Crippen LogP contribution in [0.4, 0.5) is 10.8 Å². The average Bonchev–Trinajstić information content (AvgIpc) is 2.94. The molecule has 1 aliphatic heterocycles. The van der Waals surface area contributed by atoms with E-state index in [4.69, 9.17) is 0 Å². The molecule has 0 saturated carbocycles. The number of hydrogen-bond donors (Lipinski definition) is 1. The van der Waals surface area contributed by atoms with E-state index in [1.54, 1.807) is 0 Å². The Kier molecular flexibility index (Phi) is 4.38. The van der Waals surface area contributed by atoms with Crippen molar-refractivity contribution in [1.82, 2.24) is 9.88 Å². The smallest absolute Gasteiger partial charge is 0.240 e. The Morgan fingerprint density at radius 2 is 1.96 bits per heavy atom. The van der Waals surface area contributed by atoms with Crippen molar-refractivity contribution < 1.29 is 4.79 Å². The maximum Gasteiger partial charge on any atom is 0.240 e. The Labute approximate surface area is 150 Å². The summed E-state index contributed by atoms with van der Waals surface area (Å²) >= 11 is 1.51. The van der Waals surface area contributed by atoms with Gasteiger partial charge in [0.15, 0.2) is 5.13 Å². The SMILES string of the molecule is CN1CCN(CC(=O)Nc2nc3ccccc3s2)Cc2ccccc21. The average molecular weight is 352 g/mol. The molecule has 128 valence electrons. The fraction of sp³-hybridized carbons (Fsp3) is 0.263. The van der Waals surface area contributed by atoms with Crippen molar-refractivity contribution in [2.75, 3.05) is 36.9 Å². The fourth-order valence-electron chi connectivity index (χ4n) is 3.17. The summed E-state index contributed by atoms with van der Waals surface area (Å²) in [6.45, 7) is 2.93. The molecule has 6 heteroatoms. The zero-order valence-corrected chi connectivity index (χ0v) is 14.9. The highest BCUT2D eigenvalue weighted by Crippen LogP contribution is 2.26. The van der Waals surface area contributed by atoms with Crippen LogP contribution in [0.2, 0.25) is 0 Å². The number of aromatic nitrogens is 1. The van der Waals surface area contributed by atoms with E-state index in [0.29, 0.717) is 11.7 Å². The highest BCUT2D eigenvalue weighted by Gasteiger charge is 2.19. The third kappa shape index (κ3) is 3.50. The standard InChI is InChI=1S/C19H20N4OS/c1-22-10-11-23(12-14-6-2-4-8-16(14)22)13-18(24)21-19-20-15-7-3-5-9-17(15)25-19/h2-9H,10-13H2,1H3,(H,20,21,24). The number of anilines is 2. The molecule has 0 atom stereocenters. The Balaban J connectivity index is 1.44. The number of carbonyl (C=O) groups is 1. The molecule has 2 heterocycles. The second kappa shape index (κ2) is 6.82. The molecular formula is C19H20N4OS. The van der Waals surface area contributed by atoms with E-state index in [-0.39, 0.29) is 5.91 Å². The van der Waals surface area contributed by atoms with Crippen LogP contribution in [0.1, 0.15) is 5.56 Å². The maximum absolute atomic E-state index is 12.5. The number of carbonyl (C=O) groups excluding carboxylic acids is 1. The summed E-state index contributed by atoms with van der Waals surface area (Å²) in [5.74, 6) is -0.0129. The predicted molar refractivity (Wildman–Crippen MR) is 103 cm³/mol. The molecule has 0 radical (unpaired) electrons. The van der Waals surface area contributed by atoms with Crippen LogP contribution in [0.5, 0.6) is 0 Å². The van der Waals surface area contributed by atoms with E-state index in [1.807, 2.05) is 24.3 Å². The Morgan fingerprint density at radius 3 is 2.84 bits per heavy atom. The van der Waals surface area contributed by atoms with Crippen LogP contribution in [-0.4, -0.2) is 42.5 Å². The summed E-state index contributed by atoms with van der Waals surface area (Å²) in [7, 11) is 2.10. The van der Waals surface area contributed by atoms with Crippen LogP contribution >= 0.6 is 11.3 Å². The Bertz CT molecular complexity index is 874. The zero-order valence-electron chi connectivity index (χ0n) is 14.1. The molecule has 1 amide bonds. The first-order valence-electron chi connectivity index (χ1n) is 8.36. The number of thiazole rings is 1. The van der Waals surface area contributed by atoms with Gasteiger partial charge in [-0.2, -0.15) is 0 Å². The number of nitrogens with one attached hydrogen (secondary N) is 1. The van der Waals surface area contributed by atoms with E-state index >= 15 is 0 Å². The van der Waals surface area contributed by atoms with Gasteiger partial charge in [-0.05, 0) is 23.8 Å². The van der Waals surface area contributed by atoms with Gasteiger partial charge in [-0.1, -0.05) is 41.7 Å². The molecule has 4 rings (SSSR count). The number of likely N-dealkylation sites (N-methyl/N-ethyl adjacent to an activating group) is 1. The van der Waals surface area contributed by atoms with E-state index in [0.717, 1.165) is 29.9 Å². The van der Waals surface area contributed by atoms with Gasteiger partial charge in [0.05, 0.1) is 16.8 Å². The van der Waals surface area contributed by atoms with Crippen LogP contribution in [0.25, 0.3) is 10.2 Å². The van der Waals surface area contributed by atoms with Gasteiger partial charge in [0.1, 0.15) is 0 Å². The number of amides is 1. The van der Waals surface area contributed by atoms with Crippen molar-refractivity contribution >= 4 is 38.3 Å². The highest BCUT2D eigenvalue weighted by molar-refractivity contribution is 7.22. The second-order valence-electron chi connectivity index (χ2n) is 6.30. The predicted octanol–water partition coefficient (Wildman–Crippen LogP) is 3.19. The number of rotatable bonds is 3. The monoisotopic (exact) mass is 352 g/mol. The molecule has 1 aliphatic rings. The Hall–Kier alpha value is -2.44. The van der Waals surface area contributed by atoms with Crippen molar-refractivity contribution in [3.63, 3.8) is 0 Å². The molecule has 1 N–H and O–H groups in total. The molecule has 1 aromatic heterocycles. The van der Waals surface area contributed by atoms with E-state index < -0.39 is 0 Å². The molecule has 0 bridgehead atoms. The van der Waals surface area contributed by atoms with Gasteiger partial charge >= 0.3 is 0 Å². The van der Waals surface area contributed by atoms with Crippen LogP contribution < -0.4 is 10.2 Å². The zero-order chi connectivity index (χ0) is 17.2. The van der Waals surface area contributed by atoms with Gasteiger partial charge in [-0.25, -0.2) is 4.98 Å². The summed E-state index contributed by atoms with van der Waals surface area (Å²) in [6.07, 6.45) is 0. The minimum absolute atomic E-state index is 0.0129. The number of fused-ring (bicyclic) bond motifs is 2. The quantitative estimate of drug-likeness (QED) is 0.786. The molecule has 0 aliphatic carbocycles. The number of benzene rings is 2. The minimum atomic E-state index is -0.0129. The lowest BCUT2D eigenvalue weighted by atomic mass is 10.1. The molecule has 0 unspecified atom stereocenters. The lowest BCUT2D eigenvalue weighted by Crippen LogP contribution is -2.35. The molecule has 0 saturated heterocycles. The summed E-state index contributed by atoms with van der Waals surface area (Å²) in [5.41, 5.74) is 3.43. The van der Waals surface area contributed by atoms with Gasteiger partial charge in [0, 0.05) is 32.4 Å². The van der Waals surface area contributed by atoms with Gasteiger partial charge in [-0.3, -0.25) is 9.69 Å². The maximum atomic E-state index is 12.5. The van der Waals surface area contributed by atoms with Crippen LogP contribution in [0, 0.1) is 0 Å². The summed E-state index contributed by atoms with van der Waals surface area (Å²) in [6, 6.07) is 16.3. The topological polar surface area (TPSA) is 48.5 Å². The van der Waals surface area contributed by atoms with E-state index in [1.165, 1.54) is 22.6 Å². The largest absolute Gasteiger partial charge is 0.373 e. The molecule has 3 aromatic rings. The fourth-order valence-corrected chi connectivity index (χ4v) is 4.05. The first-order valence-corrected chi connectivity index (χ1v) is 9.17. The normalized spacial score (nSPS) is 15.0. The van der Waals surface area contributed by atoms with E-state index in [9.17, 15) is 4.79 Å². The third-order valence-corrected chi connectivity index (χ3v) is 5.41. The molecular weight excluding hydrogens is 332 g/mol. The minimum Gasteiger partial charge on any atom is -0.373 e. The molecule has 2 aromatic carbocycles. The summed E-state index contributed by atoms with van der Waals surface area (Å²) < 4.78 is 1.09. The summed E-state index contributed by atoms with van der Waals surface area (Å²) in [4.78, 5) is 21.4.